The van der Waals surface area contributed by atoms with Crippen LogP contribution in [0.5, 0.6) is 0 Å². The van der Waals surface area contributed by atoms with Crippen molar-refractivity contribution >= 4 is 26.0 Å². The van der Waals surface area contributed by atoms with E-state index in [9.17, 15) is 8.42 Å². The minimum absolute atomic E-state index is 0.0597. The van der Waals surface area contributed by atoms with E-state index < -0.39 is 10.0 Å². The fraction of sp³-hybridized carbons (Fsp3) is 0.778. The van der Waals surface area contributed by atoms with Crippen LogP contribution < -0.4 is 0 Å². The van der Waals surface area contributed by atoms with Gasteiger partial charge in [-0.2, -0.15) is 4.31 Å². The molecule has 1 atom stereocenters. The van der Waals surface area contributed by atoms with Gasteiger partial charge in [0.05, 0.1) is 0 Å². The number of sulfonamides is 1. The molecular weight excluding hydrogens is 322 g/mol. The van der Waals surface area contributed by atoms with Crippen LogP contribution in [0, 0.1) is 0 Å². The van der Waals surface area contributed by atoms with Gasteiger partial charge in [-0.15, -0.1) is 5.10 Å². The van der Waals surface area contributed by atoms with E-state index in [0.29, 0.717) is 6.54 Å². The third kappa shape index (κ3) is 2.31. The standard InChI is InChI=1S/C9H16BrN5O2S/c1-7-6-13(2)4-5-15(7)18(16,17)9-8(10)11-12-14(9)3/h7H,4-6H2,1-3H3. The molecule has 7 nitrogen and oxygen atoms in total. The van der Waals surface area contributed by atoms with Gasteiger partial charge in [0.15, 0.2) is 4.60 Å². The van der Waals surface area contributed by atoms with Gasteiger partial charge in [0, 0.05) is 32.7 Å². The van der Waals surface area contributed by atoms with E-state index in [0.717, 1.165) is 13.1 Å². The number of likely N-dealkylation sites (N-methyl/N-ethyl adjacent to an activating group) is 1. The highest BCUT2D eigenvalue weighted by Crippen LogP contribution is 2.25. The molecule has 0 bridgehead atoms. The smallest absolute Gasteiger partial charge is 0.263 e. The highest BCUT2D eigenvalue weighted by Gasteiger charge is 2.36. The summed E-state index contributed by atoms with van der Waals surface area (Å²) in [7, 11) is 0.00797. The maximum atomic E-state index is 12.6. The lowest BCUT2D eigenvalue weighted by atomic mass is 10.2. The van der Waals surface area contributed by atoms with E-state index in [1.165, 1.54) is 8.99 Å². The van der Waals surface area contributed by atoms with Crippen LogP contribution in [0.15, 0.2) is 9.63 Å². The molecule has 1 unspecified atom stereocenters. The van der Waals surface area contributed by atoms with E-state index >= 15 is 0 Å². The molecule has 1 aromatic rings. The Morgan fingerprint density at radius 2 is 2.00 bits per heavy atom. The summed E-state index contributed by atoms with van der Waals surface area (Å²) in [6.45, 7) is 3.84. The van der Waals surface area contributed by atoms with E-state index in [1.54, 1.807) is 7.05 Å². The summed E-state index contributed by atoms with van der Waals surface area (Å²) in [5.41, 5.74) is 0. The van der Waals surface area contributed by atoms with Crippen LogP contribution in [0.2, 0.25) is 0 Å². The van der Waals surface area contributed by atoms with Crippen molar-refractivity contribution in [1.82, 2.24) is 24.2 Å². The molecule has 0 amide bonds. The molecule has 102 valence electrons. The van der Waals surface area contributed by atoms with Crippen LogP contribution in [-0.4, -0.2) is 65.3 Å². The van der Waals surface area contributed by atoms with E-state index in [-0.39, 0.29) is 15.7 Å². The first-order valence-electron chi connectivity index (χ1n) is 5.59. The molecule has 1 aliphatic heterocycles. The Hall–Kier alpha value is -0.510. The van der Waals surface area contributed by atoms with Gasteiger partial charge >= 0.3 is 0 Å². The van der Waals surface area contributed by atoms with Gasteiger partial charge in [-0.25, -0.2) is 13.1 Å². The summed E-state index contributed by atoms with van der Waals surface area (Å²) in [4.78, 5) is 2.12. The highest BCUT2D eigenvalue weighted by molar-refractivity contribution is 9.10. The summed E-state index contributed by atoms with van der Waals surface area (Å²) in [5.74, 6) is 0. The summed E-state index contributed by atoms with van der Waals surface area (Å²) < 4.78 is 28.2. The predicted octanol–water partition coefficient (Wildman–Crippen LogP) is -0.0978. The van der Waals surface area contributed by atoms with Crippen molar-refractivity contribution in [1.29, 1.82) is 0 Å². The number of aromatic nitrogens is 3. The number of piperazine rings is 1. The van der Waals surface area contributed by atoms with E-state index in [4.69, 9.17) is 0 Å². The van der Waals surface area contributed by atoms with Gasteiger partial charge in [-0.3, -0.25) is 0 Å². The van der Waals surface area contributed by atoms with Crippen LogP contribution in [0.4, 0.5) is 0 Å². The zero-order valence-electron chi connectivity index (χ0n) is 10.5. The summed E-state index contributed by atoms with van der Waals surface area (Å²) >= 11 is 3.14. The monoisotopic (exact) mass is 337 g/mol. The molecule has 0 saturated carbocycles. The quantitative estimate of drug-likeness (QED) is 0.753. The zero-order valence-corrected chi connectivity index (χ0v) is 12.9. The predicted molar refractivity (Wildman–Crippen MR) is 69.6 cm³/mol. The van der Waals surface area contributed by atoms with Gasteiger partial charge in [-0.05, 0) is 29.9 Å². The highest BCUT2D eigenvalue weighted by atomic mass is 79.9. The fourth-order valence-corrected chi connectivity index (χ4v) is 4.84. The van der Waals surface area contributed by atoms with Crippen LogP contribution in [0.3, 0.4) is 0 Å². The number of halogens is 1. The summed E-state index contributed by atoms with van der Waals surface area (Å²) in [6.07, 6.45) is 0. The van der Waals surface area contributed by atoms with E-state index in [2.05, 4.69) is 31.1 Å². The lowest BCUT2D eigenvalue weighted by molar-refractivity contribution is 0.170. The van der Waals surface area contributed by atoms with Gasteiger partial charge in [-0.1, -0.05) is 5.21 Å². The first kappa shape index (κ1) is 13.9. The zero-order chi connectivity index (χ0) is 13.5. The Morgan fingerprint density at radius 3 is 2.50 bits per heavy atom. The second-order valence-electron chi connectivity index (χ2n) is 4.54. The van der Waals surface area contributed by atoms with Crippen LogP contribution in [0.1, 0.15) is 6.92 Å². The minimum Gasteiger partial charge on any atom is -0.303 e. The number of hydrogen-bond acceptors (Lipinski definition) is 5. The SMILES string of the molecule is CC1CN(C)CCN1S(=O)(=O)c1c(Br)nnn1C. The van der Waals surface area contributed by atoms with Crippen molar-refractivity contribution < 1.29 is 8.42 Å². The second-order valence-corrected chi connectivity index (χ2v) is 7.09. The van der Waals surface area contributed by atoms with Gasteiger partial charge < -0.3 is 4.90 Å². The Kier molecular flexibility index (Phi) is 3.77. The lowest BCUT2D eigenvalue weighted by Crippen LogP contribution is -2.52. The van der Waals surface area contributed by atoms with Crippen molar-refractivity contribution in [3.8, 4) is 0 Å². The number of hydrogen-bond donors (Lipinski definition) is 0. The normalized spacial score (nSPS) is 23.4. The minimum atomic E-state index is -3.55. The van der Waals surface area contributed by atoms with Crippen molar-refractivity contribution in [3.05, 3.63) is 4.60 Å². The molecule has 1 aromatic heterocycles. The number of aryl methyl sites for hydroxylation is 1. The maximum absolute atomic E-state index is 12.6. The Balaban J connectivity index is 2.38. The Labute approximate surface area is 115 Å². The number of nitrogens with zero attached hydrogens (tertiary/aromatic N) is 5. The largest absolute Gasteiger partial charge is 0.303 e. The average molecular weight is 338 g/mol. The molecular formula is C9H16BrN5O2S. The molecule has 2 rings (SSSR count). The Morgan fingerprint density at radius 1 is 1.33 bits per heavy atom. The fourth-order valence-electron chi connectivity index (χ4n) is 2.19. The molecule has 0 aliphatic carbocycles. The number of rotatable bonds is 2. The van der Waals surface area contributed by atoms with Gasteiger partial charge in [0.1, 0.15) is 0 Å². The molecule has 1 saturated heterocycles. The van der Waals surface area contributed by atoms with Crippen LogP contribution >= 0.6 is 15.9 Å². The topological polar surface area (TPSA) is 71.3 Å². The molecule has 0 aromatic carbocycles. The van der Waals surface area contributed by atoms with Crippen LogP contribution in [-0.2, 0) is 17.1 Å². The molecule has 1 fully saturated rings. The molecule has 18 heavy (non-hydrogen) atoms. The van der Waals surface area contributed by atoms with Crippen molar-refractivity contribution in [3.63, 3.8) is 0 Å². The van der Waals surface area contributed by atoms with Crippen molar-refractivity contribution in [2.24, 2.45) is 7.05 Å². The molecule has 9 heteroatoms. The maximum Gasteiger partial charge on any atom is 0.263 e. The third-order valence-electron chi connectivity index (χ3n) is 3.06. The summed E-state index contributed by atoms with van der Waals surface area (Å²) in [5, 5.41) is 7.56. The molecule has 0 spiro atoms. The Bertz CT molecular complexity index is 524. The first-order valence-corrected chi connectivity index (χ1v) is 7.83. The lowest BCUT2D eigenvalue weighted by Gasteiger charge is -2.36. The van der Waals surface area contributed by atoms with Crippen LogP contribution in [0.25, 0.3) is 0 Å². The molecule has 1 aliphatic rings. The van der Waals surface area contributed by atoms with Gasteiger partial charge in [0.25, 0.3) is 10.0 Å². The van der Waals surface area contributed by atoms with Crippen molar-refractivity contribution in [2.75, 3.05) is 26.7 Å². The van der Waals surface area contributed by atoms with Crippen molar-refractivity contribution in [2.45, 2.75) is 18.0 Å². The third-order valence-corrected chi connectivity index (χ3v) is 5.96. The molecule has 0 radical (unpaired) electrons. The summed E-state index contributed by atoms with van der Waals surface area (Å²) in [6, 6.07) is -0.0597. The second kappa shape index (κ2) is 4.87. The van der Waals surface area contributed by atoms with E-state index in [1.807, 2.05) is 14.0 Å². The molecule has 2 heterocycles. The van der Waals surface area contributed by atoms with Gasteiger partial charge in [0.2, 0.25) is 5.03 Å². The first-order chi connectivity index (χ1) is 8.34. The molecule has 0 N–H and O–H groups in total. The average Bonchev–Trinajstić information content (AvgIpc) is 2.58.